The number of carbonyl (C=O) groups excluding carboxylic acids is 1. The number of ether oxygens (including phenoxy) is 2. The molecule has 170 valence electrons. The zero-order chi connectivity index (χ0) is 23.3. The Bertz CT molecular complexity index is 1190. The van der Waals surface area contributed by atoms with E-state index < -0.39 is 21.8 Å². The van der Waals surface area contributed by atoms with Crippen LogP contribution < -0.4 is 19.5 Å². The summed E-state index contributed by atoms with van der Waals surface area (Å²) in [6.45, 7) is 1.70. The highest BCUT2D eigenvalue weighted by Crippen LogP contribution is 2.29. The summed E-state index contributed by atoms with van der Waals surface area (Å²) in [6, 6.07) is 10.6. The average Bonchev–Trinajstić information content (AvgIpc) is 3.16. The molecule has 1 amide bonds. The van der Waals surface area contributed by atoms with Crippen LogP contribution in [0.3, 0.4) is 0 Å². The van der Waals surface area contributed by atoms with Crippen LogP contribution in [0.1, 0.15) is 23.7 Å². The van der Waals surface area contributed by atoms with Crippen molar-refractivity contribution < 1.29 is 32.5 Å². The number of anilines is 1. The fraction of sp³-hybridized carbons (Fsp3) is 0.286. The van der Waals surface area contributed by atoms with E-state index in [-0.39, 0.29) is 17.1 Å². The van der Waals surface area contributed by atoms with Gasteiger partial charge in [-0.1, -0.05) is 11.6 Å². The second kappa shape index (κ2) is 10.1. The van der Waals surface area contributed by atoms with Crippen LogP contribution in [-0.2, 0) is 16.9 Å². The first kappa shape index (κ1) is 23.6. The van der Waals surface area contributed by atoms with Crippen molar-refractivity contribution in [3.05, 3.63) is 53.5 Å². The minimum atomic E-state index is -3.32. The van der Waals surface area contributed by atoms with Crippen molar-refractivity contribution in [3.63, 3.8) is 0 Å². The molecular formula is C21H24N3O6S2+. The lowest BCUT2D eigenvalue weighted by Crippen LogP contribution is -2.29. The third-order valence-corrected chi connectivity index (χ3v) is 6.32. The summed E-state index contributed by atoms with van der Waals surface area (Å²) in [6.07, 6.45) is 1.27. The van der Waals surface area contributed by atoms with Crippen molar-refractivity contribution in [2.45, 2.75) is 24.3 Å². The zero-order valence-electron chi connectivity index (χ0n) is 17.8. The number of nitrogens with zero attached hydrogens (tertiary/aromatic N) is 2. The van der Waals surface area contributed by atoms with Gasteiger partial charge in [-0.05, 0) is 54.2 Å². The van der Waals surface area contributed by atoms with Gasteiger partial charge in [-0.3, -0.25) is 10.1 Å². The van der Waals surface area contributed by atoms with Crippen LogP contribution in [-0.4, -0.2) is 43.5 Å². The molecule has 0 saturated carbocycles. The van der Waals surface area contributed by atoms with E-state index in [2.05, 4.69) is 10.4 Å². The summed E-state index contributed by atoms with van der Waals surface area (Å²) in [5.41, 5.74) is 2.02. The van der Waals surface area contributed by atoms with Gasteiger partial charge in [0.1, 0.15) is 23.4 Å². The molecule has 0 aliphatic heterocycles. The van der Waals surface area contributed by atoms with E-state index in [1.54, 1.807) is 35.4 Å². The van der Waals surface area contributed by atoms with E-state index in [0.29, 0.717) is 28.8 Å². The van der Waals surface area contributed by atoms with Gasteiger partial charge >= 0.3 is 0 Å². The number of amides is 1. The molecule has 32 heavy (non-hydrogen) atoms. The number of hydrogen-bond acceptors (Lipinski definition) is 8. The largest absolute Gasteiger partial charge is 0.488 e. The Morgan fingerprint density at radius 3 is 2.44 bits per heavy atom. The number of hydrogen-bond donors (Lipinski definition) is 2. The molecule has 1 heterocycles. The number of aromatic nitrogens is 2. The number of carbonyl (C=O) groups is 1. The van der Waals surface area contributed by atoms with Gasteiger partial charge in [0.05, 0.1) is 11.5 Å². The van der Waals surface area contributed by atoms with Gasteiger partial charge in [-0.2, -0.15) is 0 Å². The van der Waals surface area contributed by atoms with Crippen molar-refractivity contribution in [2.75, 3.05) is 18.2 Å². The Morgan fingerprint density at radius 2 is 1.88 bits per heavy atom. The van der Waals surface area contributed by atoms with E-state index in [1.807, 2.05) is 6.92 Å². The minimum Gasteiger partial charge on any atom is -0.488 e. The topological polar surface area (TPSA) is 119 Å². The van der Waals surface area contributed by atoms with Crippen molar-refractivity contribution >= 4 is 32.2 Å². The Labute approximate surface area is 190 Å². The first-order chi connectivity index (χ1) is 15.2. The summed E-state index contributed by atoms with van der Waals surface area (Å²) in [5.74, 6) is 0.657. The third kappa shape index (κ3) is 6.25. The fourth-order valence-corrected chi connectivity index (χ4v) is 3.96. The molecule has 0 saturated heterocycles. The molecule has 1 atom stereocenters. The van der Waals surface area contributed by atoms with Crippen LogP contribution in [0.2, 0.25) is 0 Å². The Kier molecular flexibility index (Phi) is 7.44. The molecule has 3 aromatic rings. The zero-order valence-corrected chi connectivity index (χ0v) is 19.4. The van der Waals surface area contributed by atoms with Crippen LogP contribution in [0.25, 0.3) is 0 Å². The first-order valence-electron chi connectivity index (χ1n) is 9.71. The molecule has 2 N–H and O–H groups in total. The maximum absolute atomic E-state index is 12.8. The molecule has 0 bridgehead atoms. The quantitative estimate of drug-likeness (QED) is 0.454. The monoisotopic (exact) mass is 478 g/mol. The van der Waals surface area contributed by atoms with Crippen molar-refractivity contribution in [1.82, 2.24) is 5.10 Å². The van der Waals surface area contributed by atoms with Gasteiger partial charge in [-0.25, -0.2) is 8.42 Å². The Balaban J connectivity index is 1.89. The SMILES string of the molecule is CCC(CO)Oc1cc(Oc2ccc(S(C)(=O)=O)cc2)cc(C(=O)Nc2n[n+](C)cs2)c1. The maximum Gasteiger partial charge on any atom is 0.261 e. The number of nitrogens with one attached hydrogen (secondary N) is 1. The maximum atomic E-state index is 12.8. The molecule has 0 aliphatic carbocycles. The molecule has 0 aliphatic rings. The standard InChI is InChI=1S/C21H23N3O6S2/c1-4-15(12-25)29-17-9-14(20(26)22-21-23-24(2)13-31-21)10-18(11-17)30-16-5-7-19(8-6-16)32(3,27)28/h5-11,13,15,25H,4,12H2,1-3H3/p+1. The summed E-state index contributed by atoms with van der Waals surface area (Å²) in [4.78, 5) is 13.0. The van der Waals surface area contributed by atoms with Crippen LogP contribution in [0.5, 0.6) is 17.2 Å². The molecule has 0 fully saturated rings. The lowest BCUT2D eigenvalue weighted by molar-refractivity contribution is -0.724. The lowest BCUT2D eigenvalue weighted by Gasteiger charge is -2.17. The highest BCUT2D eigenvalue weighted by molar-refractivity contribution is 7.90. The molecule has 3 rings (SSSR count). The van der Waals surface area contributed by atoms with E-state index in [0.717, 1.165) is 6.26 Å². The van der Waals surface area contributed by atoms with Gasteiger partial charge in [0.25, 0.3) is 16.5 Å². The Hall–Kier alpha value is -3.02. The van der Waals surface area contributed by atoms with Crippen molar-refractivity contribution in [1.29, 1.82) is 0 Å². The van der Waals surface area contributed by atoms with Crippen LogP contribution in [0.15, 0.2) is 52.9 Å². The average molecular weight is 479 g/mol. The van der Waals surface area contributed by atoms with Crippen LogP contribution in [0.4, 0.5) is 5.13 Å². The summed E-state index contributed by atoms with van der Waals surface area (Å²) in [7, 11) is -1.57. The van der Waals surface area contributed by atoms with E-state index in [4.69, 9.17) is 9.47 Å². The van der Waals surface area contributed by atoms with E-state index >= 15 is 0 Å². The summed E-state index contributed by atoms with van der Waals surface area (Å²) in [5, 5.41) is 16.8. The summed E-state index contributed by atoms with van der Waals surface area (Å²) >= 11 is 1.28. The number of aliphatic hydroxyl groups excluding tert-OH is 1. The molecular weight excluding hydrogens is 454 g/mol. The fourth-order valence-electron chi connectivity index (χ4n) is 2.70. The second-order valence-corrected chi connectivity index (χ2v) is 9.87. The number of sulfone groups is 1. The minimum absolute atomic E-state index is 0.173. The smallest absolute Gasteiger partial charge is 0.261 e. The normalized spacial score (nSPS) is 12.2. The number of rotatable bonds is 9. The Morgan fingerprint density at radius 1 is 1.19 bits per heavy atom. The predicted octanol–water partition coefficient (Wildman–Crippen LogP) is 2.57. The van der Waals surface area contributed by atoms with Gasteiger partial charge in [0, 0.05) is 23.0 Å². The molecule has 0 spiro atoms. The molecule has 1 aromatic heterocycles. The highest BCUT2D eigenvalue weighted by atomic mass is 32.2. The number of aliphatic hydroxyl groups is 1. The molecule has 1 unspecified atom stereocenters. The van der Waals surface area contributed by atoms with Crippen molar-refractivity contribution in [3.8, 4) is 17.2 Å². The molecule has 2 aromatic carbocycles. The molecule has 9 nitrogen and oxygen atoms in total. The number of benzene rings is 2. The van der Waals surface area contributed by atoms with Gasteiger partial charge in [0.2, 0.25) is 0 Å². The van der Waals surface area contributed by atoms with Gasteiger partial charge in [-0.15, -0.1) is 0 Å². The molecule has 11 heteroatoms. The first-order valence-corrected chi connectivity index (χ1v) is 12.5. The van der Waals surface area contributed by atoms with E-state index in [1.165, 1.54) is 35.6 Å². The highest BCUT2D eigenvalue weighted by Gasteiger charge is 2.16. The van der Waals surface area contributed by atoms with Crippen LogP contribution in [0, 0.1) is 0 Å². The van der Waals surface area contributed by atoms with Crippen molar-refractivity contribution in [2.24, 2.45) is 7.05 Å². The third-order valence-electron chi connectivity index (χ3n) is 4.38. The second-order valence-electron chi connectivity index (χ2n) is 7.03. The van der Waals surface area contributed by atoms with Crippen LogP contribution >= 0.6 is 11.3 Å². The van der Waals surface area contributed by atoms with Gasteiger partial charge < -0.3 is 14.6 Å². The lowest BCUT2D eigenvalue weighted by atomic mass is 10.2. The number of aryl methyl sites for hydroxylation is 1. The van der Waals surface area contributed by atoms with E-state index in [9.17, 15) is 18.3 Å². The van der Waals surface area contributed by atoms with Gasteiger partial charge in [0.15, 0.2) is 16.9 Å². The summed E-state index contributed by atoms with van der Waals surface area (Å²) < 4.78 is 36.5. The molecule has 0 radical (unpaired) electrons. The predicted molar refractivity (Wildman–Crippen MR) is 119 cm³/mol.